The molecule has 1 unspecified atom stereocenters. The van der Waals surface area contributed by atoms with Crippen molar-refractivity contribution in [2.24, 2.45) is 11.7 Å². The molecule has 19 heavy (non-hydrogen) atoms. The Morgan fingerprint density at radius 2 is 2.26 bits per heavy atom. The summed E-state index contributed by atoms with van der Waals surface area (Å²) in [6, 6.07) is 0.210. The monoisotopic (exact) mass is 281 g/mol. The summed E-state index contributed by atoms with van der Waals surface area (Å²) in [7, 11) is 0. The number of nitrogens with one attached hydrogen (secondary N) is 1. The molecule has 4 nitrogen and oxygen atoms in total. The highest BCUT2D eigenvalue weighted by Crippen LogP contribution is 2.28. The molecule has 1 aromatic rings. The van der Waals surface area contributed by atoms with Gasteiger partial charge in [0, 0.05) is 30.1 Å². The van der Waals surface area contributed by atoms with Crippen molar-refractivity contribution in [1.82, 2.24) is 10.3 Å². The number of hydrogen-bond donors (Lipinski definition) is 2. The predicted molar refractivity (Wildman–Crippen MR) is 77.9 cm³/mol. The molecule has 2 rings (SSSR count). The molecule has 5 heteroatoms. The molecule has 106 valence electrons. The van der Waals surface area contributed by atoms with E-state index in [0.717, 1.165) is 17.2 Å². The summed E-state index contributed by atoms with van der Waals surface area (Å²) in [5.74, 6) is 0.376. The van der Waals surface area contributed by atoms with Gasteiger partial charge in [0.2, 0.25) is 5.91 Å². The van der Waals surface area contributed by atoms with E-state index in [1.54, 1.807) is 11.3 Å². The van der Waals surface area contributed by atoms with Crippen LogP contribution in [-0.2, 0) is 11.3 Å². The van der Waals surface area contributed by atoms with Crippen molar-refractivity contribution >= 4 is 17.2 Å². The standard InChI is InChI=1S/C14H23N3OS/c1-10-9-19-14(17-10)8-16-12(7-13(15)18)11-5-3-2-4-6-11/h9,11-12,16H,2-8H2,1H3,(H2,15,18). The molecule has 1 aromatic heterocycles. The first-order valence-corrected chi connectivity index (χ1v) is 7.96. The largest absolute Gasteiger partial charge is 0.370 e. The van der Waals surface area contributed by atoms with Crippen LogP contribution in [0.5, 0.6) is 0 Å². The minimum absolute atomic E-state index is 0.210. The number of aromatic nitrogens is 1. The van der Waals surface area contributed by atoms with E-state index in [9.17, 15) is 4.79 Å². The molecule has 1 heterocycles. The lowest BCUT2D eigenvalue weighted by molar-refractivity contribution is -0.118. The zero-order valence-electron chi connectivity index (χ0n) is 11.5. The lowest BCUT2D eigenvalue weighted by Crippen LogP contribution is -2.40. The summed E-state index contributed by atoms with van der Waals surface area (Å²) in [5.41, 5.74) is 6.44. The lowest BCUT2D eigenvalue weighted by atomic mass is 9.82. The topological polar surface area (TPSA) is 68.0 Å². The van der Waals surface area contributed by atoms with E-state index in [1.807, 2.05) is 6.92 Å². The van der Waals surface area contributed by atoms with E-state index >= 15 is 0 Å². The number of aryl methyl sites for hydroxylation is 1. The molecule has 1 amide bonds. The van der Waals surface area contributed by atoms with E-state index in [4.69, 9.17) is 5.73 Å². The summed E-state index contributed by atoms with van der Waals surface area (Å²) in [6.45, 7) is 2.75. The normalized spacial score (nSPS) is 18.4. The van der Waals surface area contributed by atoms with Gasteiger partial charge in [0.05, 0.1) is 0 Å². The first-order chi connectivity index (χ1) is 9.15. The van der Waals surface area contributed by atoms with Gasteiger partial charge in [-0.25, -0.2) is 4.98 Å². The third kappa shape index (κ3) is 4.58. The van der Waals surface area contributed by atoms with Crippen molar-refractivity contribution in [3.8, 4) is 0 Å². The number of nitrogens with zero attached hydrogens (tertiary/aromatic N) is 1. The van der Waals surface area contributed by atoms with Crippen molar-refractivity contribution in [2.45, 2.75) is 58.0 Å². The van der Waals surface area contributed by atoms with Crippen molar-refractivity contribution in [3.63, 3.8) is 0 Å². The molecule has 3 N–H and O–H groups in total. The zero-order valence-corrected chi connectivity index (χ0v) is 12.3. The van der Waals surface area contributed by atoms with Gasteiger partial charge in [0.15, 0.2) is 0 Å². The molecule has 1 atom stereocenters. The van der Waals surface area contributed by atoms with E-state index < -0.39 is 0 Å². The van der Waals surface area contributed by atoms with Crippen molar-refractivity contribution in [2.75, 3.05) is 0 Å². The maximum atomic E-state index is 11.2. The molecule has 0 saturated heterocycles. The van der Waals surface area contributed by atoms with Crippen LogP contribution in [0.2, 0.25) is 0 Å². The highest BCUT2D eigenvalue weighted by molar-refractivity contribution is 7.09. The first-order valence-electron chi connectivity index (χ1n) is 7.08. The molecule has 0 bridgehead atoms. The number of carbonyl (C=O) groups is 1. The Balaban J connectivity index is 1.90. The van der Waals surface area contributed by atoms with E-state index in [2.05, 4.69) is 15.7 Å². The average Bonchev–Trinajstić information content (AvgIpc) is 2.81. The molecule has 0 radical (unpaired) electrons. The fourth-order valence-electron chi connectivity index (χ4n) is 2.86. The molecule has 0 spiro atoms. The Hall–Kier alpha value is -0.940. The fourth-order valence-corrected chi connectivity index (χ4v) is 3.58. The molecular formula is C14H23N3OS. The van der Waals surface area contributed by atoms with Crippen molar-refractivity contribution < 1.29 is 4.79 Å². The van der Waals surface area contributed by atoms with Crippen LogP contribution in [0.4, 0.5) is 0 Å². The molecule has 1 aliphatic rings. The van der Waals surface area contributed by atoms with Crippen LogP contribution in [0.15, 0.2) is 5.38 Å². The van der Waals surface area contributed by atoms with Crippen LogP contribution in [0, 0.1) is 12.8 Å². The molecule has 1 aliphatic carbocycles. The Kier molecular flexibility index (Phi) is 5.34. The van der Waals surface area contributed by atoms with Gasteiger partial charge in [-0.1, -0.05) is 19.3 Å². The summed E-state index contributed by atoms with van der Waals surface area (Å²) in [6.07, 6.45) is 6.74. The average molecular weight is 281 g/mol. The van der Waals surface area contributed by atoms with Gasteiger partial charge in [-0.3, -0.25) is 4.79 Å². The lowest BCUT2D eigenvalue weighted by Gasteiger charge is -2.30. The Morgan fingerprint density at radius 1 is 1.53 bits per heavy atom. The van der Waals surface area contributed by atoms with Gasteiger partial charge >= 0.3 is 0 Å². The summed E-state index contributed by atoms with van der Waals surface area (Å²) in [5, 5.41) is 6.64. The van der Waals surface area contributed by atoms with Crippen LogP contribution >= 0.6 is 11.3 Å². The second-order valence-corrected chi connectivity index (χ2v) is 6.38. The Labute approximate surface area is 118 Å². The highest BCUT2D eigenvalue weighted by atomic mass is 32.1. The number of hydrogen-bond acceptors (Lipinski definition) is 4. The van der Waals surface area contributed by atoms with Crippen LogP contribution in [0.1, 0.15) is 49.2 Å². The van der Waals surface area contributed by atoms with Gasteiger partial charge in [-0.15, -0.1) is 11.3 Å². The minimum Gasteiger partial charge on any atom is -0.370 e. The summed E-state index contributed by atoms with van der Waals surface area (Å²) in [4.78, 5) is 15.7. The molecular weight excluding hydrogens is 258 g/mol. The minimum atomic E-state index is -0.210. The molecule has 0 aromatic carbocycles. The quantitative estimate of drug-likeness (QED) is 0.841. The van der Waals surface area contributed by atoms with Gasteiger partial charge < -0.3 is 11.1 Å². The first kappa shape index (κ1) is 14.5. The number of carbonyl (C=O) groups excluding carboxylic acids is 1. The van der Waals surface area contributed by atoms with Crippen LogP contribution in [0.25, 0.3) is 0 Å². The number of amides is 1. The van der Waals surface area contributed by atoms with Crippen molar-refractivity contribution in [1.29, 1.82) is 0 Å². The van der Waals surface area contributed by atoms with Crippen molar-refractivity contribution in [3.05, 3.63) is 16.1 Å². The van der Waals surface area contributed by atoms with Crippen LogP contribution < -0.4 is 11.1 Å². The van der Waals surface area contributed by atoms with Gasteiger partial charge in [0.25, 0.3) is 0 Å². The number of thiazole rings is 1. The second-order valence-electron chi connectivity index (χ2n) is 5.44. The summed E-state index contributed by atoms with van der Waals surface area (Å²) >= 11 is 1.67. The third-order valence-electron chi connectivity index (χ3n) is 3.82. The maximum Gasteiger partial charge on any atom is 0.218 e. The number of rotatable bonds is 6. The molecule has 1 saturated carbocycles. The smallest absolute Gasteiger partial charge is 0.218 e. The number of nitrogens with two attached hydrogens (primary N) is 1. The third-order valence-corrected chi connectivity index (χ3v) is 4.79. The summed E-state index contributed by atoms with van der Waals surface area (Å²) < 4.78 is 0. The molecule has 0 aliphatic heterocycles. The second kappa shape index (κ2) is 7.01. The zero-order chi connectivity index (χ0) is 13.7. The van der Waals surface area contributed by atoms with E-state index in [0.29, 0.717) is 12.3 Å². The maximum absolute atomic E-state index is 11.2. The van der Waals surface area contributed by atoms with Crippen LogP contribution in [-0.4, -0.2) is 16.9 Å². The number of primary amides is 1. The van der Waals surface area contributed by atoms with Crippen LogP contribution in [0.3, 0.4) is 0 Å². The van der Waals surface area contributed by atoms with Gasteiger partial charge in [0.1, 0.15) is 5.01 Å². The SMILES string of the molecule is Cc1csc(CNC(CC(N)=O)C2CCCCC2)n1. The highest BCUT2D eigenvalue weighted by Gasteiger charge is 2.24. The van der Waals surface area contributed by atoms with E-state index in [-0.39, 0.29) is 11.9 Å². The predicted octanol–water partition coefficient (Wildman–Crippen LogP) is 2.37. The molecule has 1 fully saturated rings. The van der Waals surface area contributed by atoms with Gasteiger partial charge in [-0.05, 0) is 25.7 Å². The Morgan fingerprint density at radius 3 is 2.84 bits per heavy atom. The Bertz CT molecular complexity index is 413. The fraction of sp³-hybridized carbons (Fsp3) is 0.714. The van der Waals surface area contributed by atoms with Gasteiger partial charge in [-0.2, -0.15) is 0 Å². The van der Waals surface area contributed by atoms with E-state index in [1.165, 1.54) is 32.1 Å².